The SMILES string of the molecule is COc1ccc(F)c(C(O)CCN2CCCC2)c1. The van der Waals surface area contributed by atoms with Gasteiger partial charge in [-0.1, -0.05) is 0 Å². The second kappa shape index (κ2) is 6.16. The maximum absolute atomic E-state index is 13.6. The highest BCUT2D eigenvalue weighted by Gasteiger charge is 2.17. The predicted molar refractivity (Wildman–Crippen MR) is 68.2 cm³/mol. The van der Waals surface area contributed by atoms with E-state index in [2.05, 4.69) is 4.90 Å². The molecule has 1 aliphatic heterocycles. The van der Waals surface area contributed by atoms with Crippen LogP contribution in [-0.2, 0) is 0 Å². The van der Waals surface area contributed by atoms with E-state index in [0.29, 0.717) is 17.7 Å². The lowest BCUT2D eigenvalue weighted by Crippen LogP contribution is -2.22. The number of methoxy groups -OCH3 is 1. The Morgan fingerprint density at radius 1 is 1.39 bits per heavy atom. The second-order valence-electron chi connectivity index (χ2n) is 4.74. The number of benzene rings is 1. The van der Waals surface area contributed by atoms with Crippen LogP contribution in [0.4, 0.5) is 4.39 Å². The van der Waals surface area contributed by atoms with Gasteiger partial charge in [-0.25, -0.2) is 4.39 Å². The van der Waals surface area contributed by atoms with E-state index in [1.165, 1.54) is 26.0 Å². The first-order valence-corrected chi connectivity index (χ1v) is 6.44. The van der Waals surface area contributed by atoms with E-state index in [0.717, 1.165) is 19.6 Å². The van der Waals surface area contributed by atoms with Gasteiger partial charge in [0.15, 0.2) is 0 Å². The quantitative estimate of drug-likeness (QED) is 0.874. The predicted octanol–water partition coefficient (Wildman–Crippen LogP) is 2.35. The molecule has 0 saturated carbocycles. The Kier molecular flexibility index (Phi) is 4.55. The molecule has 1 N–H and O–H groups in total. The topological polar surface area (TPSA) is 32.7 Å². The Labute approximate surface area is 107 Å². The highest BCUT2D eigenvalue weighted by Crippen LogP contribution is 2.25. The van der Waals surface area contributed by atoms with Crippen LogP contribution in [0.1, 0.15) is 30.9 Å². The number of aliphatic hydroxyl groups excluding tert-OH is 1. The van der Waals surface area contributed by atoms with E-state index in [9.17, 15) is 9.50 Å². The van der Waals surface area contributed by atoms with Crippen molar-refractivity contribution in [1.29, 1.82) is 0 Å². The van der Waals surface area contributed by atoms with E-state index in [4.69, 9.17) is 4.74 Å². The number of likely N-dealkylation sites (tertiary alicyclic amines) is 1. The summed E-state index contributed by atoms with van der Waals surface area (Å²) in [6.07, 6.45) is 2.25. The number of hydrogen-bond donors (Lipinski definition) is 1. The maximum atomic E-state index is 13.6. The molecule has 3 nitrogen and oxygen atoms in total. The molecule has 18 heavy (non-hydrogen) atoms. The Balaban J connectivity index is 1.96. The van der Waals surface area contributed by atoms with Crippen molar-refractivity contribution in [3.8, 4) is 5.75 Å². The molecule has 1 fully saturated rings. The summed E-state index contributed by atoms with van der Waals surface area (Å²) in [7, 11) is 1.54. The van der Waals surface area contributed by atoms with Gasteiger partial charge in [0, 0.05) is 12.1 Å². The molecular weight excluding hydrogens is 233 g/mol. The molecule has 1 aliphatic rings. The standard InChI is InChI=1S/C14H20FNO2/c1-18-11-4-5-13(15)12(10-11)14(17)6-9-16-7-2-3-8-16/h4-5,10,14,17H,2-3,6-9H2,1H3. The summed E-state index contributed by atoms with van der Waals surface area (Å²) in [5.41, 5.74) is 0.327. The Morgan fingerprint density at radius 2 is 2.11 bits per heavy atom. The van der Waals surface area contributed by atoms with Crippen molar-refractivity contribution in [2.45, 2.75) is 25.4 Å². The molecule has 100 valence electrons. The third-order valence-electron chi connectivity index (χ3n) is 3.48. The average molecular weight is 253 g/mol. The van der Waals surface area contributed by atoms with Crippen LogP contribution >= 0.6 is 0 Å². The van der Waals surface area contributed by atoms with Gasteiger partial charge in [-0.2, -0.15) is 0 Å². The minimum absolute atomic E-state index is 0.327. The first-order valence-electron chi connectivity index (χ1n) is 6.44. The lowest BCUT2D eigenvalue weighted by molar-refractivity contribution is 0.144. The lowest BCUT2D eigenvalue weighted by Gasteiger charge is -2.18. The molecule has 1 saturated heterocycles. The fourth-order valence-electron chi connectivity index (χ4n) is 2.37. The molecule has 0 aromatic heterocycles. The smallest absolute Gasteiger partial charge is 0.129 e. The summed E-state index contributed by atoms with van der Waals surface area (Å²) in [6.45, 7) is 3.00. The van der Waals surface area contributed by atoms with Crippen molar-refractivity contribution in [2.24, 2.45) is 0 Å². The van der Waals surface area contributed by atoms with Crippen molar-refractivity contribution in [1.82, 2.24) is 4.90 Å². The maximum Gasteiger partial charge on any atom is 0.129 e. The van der Waals surface area contributed by atoms with Crippen molar-refractivity contribution in [3.63, 3.8) is 0 Å². The first kappa shape index (κ1) is 13.3. The molecule has 0 amide bonds. The molecule has 1 heterocycles. The van der Waals surface area contributed by atoms with Crippen LogP contribution in [0.25, 0.3) is 0 Å². The van der Waals surface area contributed by atoms with Gasteiger partial charge in [0.2, 0.25) is 0 Å². The van der Waals surface area contributed by atoms with Crippen LogP contribution in [0.2, 0.25) is 0 Å². The van der Waals surface area contributed by atoms with Crippen molar-refractivity contribution in [3.05, 3.63) is 29.6 Å². The summed E-state index contributed by atoms with van der Waals surface area (Å²) < 4.78 is 18.7. The normalized spacial score (nSPS) is 17.9. The Hall–Kier alpha value is -1.13. The van der Waals surface area contributed by atoms with E-state index < -0.39 is 6.10 Å². The van der Waals surface area contributed by atoms with Crippen LogP contribution in [-0.4, -0.2) is 36.8 Å². The summed E-state index contributed by atoms with van der Waals surface area (Å²) in [6, 6.07) is 4.48. The first-order chi connectivity index (χ1) is 8.70. The zero-order chi connectivity index (χ0) is 13.0. The summed E-state index contributed by atoms with van der Waals surface area (Å²) in [5, 5.41) is 10.1. The fraction of sp³-hybridized carbons (Fsp3) is 0.571. The van der Waals surface area contributed by atoms with Crippen LogP contribution in [0.15, 0.2) is 18.2 Å². The molecule has 1 aromatic carbocycles. The highest BCUT2D eigenvalue weighted by atomic mass is 19.1. The molecule has 0 radical (unpaired) electrons. The Bertz CT molecular complexity index is 391. The molecular formula is C14H20FNO2. The molecule has 2 rings (SSSR count). The highest BCUT2D eigenvalue weighted by molar-refractivity contribution is 5.31. The molecule has 0 spiro atoms. The number of aliphatic hydroxyl groups is 1. The van der Waals surface area contributed by atoms with Gasteiger partial charge in [-0.3, -0.25) is 0 Å². The third kappa shape index (κ3) is 3.21. The monoisotopic (exact) mass is 253 g/mol. The van der Waals surface area contributed by atoms with Crippen molar-refractivity contribution >= 4 is 0 Å². The zero-order valence-electron chi connectivity index (χ0n) is 10.7. The van der Waals surface area contributed by atoms with Gasteiger partial charge in [-0.15, -0.1) is 0 Å². The van der Waals surface area contributed by atoms with Crippen LogP contribution < -0.4 is 4.74 Å². The van der Waals surface area contributed by atoms with Gasteiger partial charge >= 0.3 is 0 Å². The van der Waals surface area contributed by atoms with Crippen molar-refractivity contribution in [2.75, 3.05) is 26.7 Å². The molecule has 0 bridgehead atoms. The van der Waals surface area contributed by atoms with E-state index in [1.54, 1.807) is 12.1 Å². The molecule has 1 aromatic rings. The molecule has 4 heteroatoms. The Morgan fingerprint density at radius 3 is 2.78 bits per heavy atom. The second-order valence-corrected chi connectivity index (χ2v) is 4.74. The number of rotatable bonds is 5. The number of ether oxygens (including phenoxy) is 1. The van der Waals surface area contributed by atoms with E-state index >= 15 is 0 Å². The largest absolute Gasteiger partial charge is 0.497 e. The average Bonchev–Trinajstić information content (AvgIpc) is 2.89. The van der Waals surface area contributed by atoms with Gasteiger partial charge in [0.05, 0.1) is 13.2 Å². The fourth-order valence-corrected chi connectivity index (χ4v) is 2.37. The summed E-state index contributed by atoms with van der Waals surface area (Å²) in [4.78, 5) is 2.31. The van der Waals surface area contributed by atoms with E-state index in [1.807, 2.05) is 0 Å². The molecule has 0 aliphatic carbocycles. The van der Waals surface area contributed by atoms with Gasteiger partial charge in [0.25, 0.3) is 0 Å². The zero-order valence-corrected chi connectivity index (χ0v) is 10.7. The molecule has 1 atom stereocenters. The summed E-state index contributed by atoms with van der Waals surface area (Å²) in [5.74, 6) is 0.205. The van der Waals surface area contributed by atoms with Gasteiger partial charge < -0.3 is 14.7 Å². The lowest BCUT2D eigenvalue weighted by atomic mass is 10.1. The number of hydrogen-bond acceptors (Lipinski definition) is 3. The van der Waals surface area contributed by atoms with Crippen LogP contribution in [0, 0.1) is 5.82 Å². The number of halogens is 1. The molecule has 1 unspecified atom stereocenters. The van der Waals surface area contributed by atoms with Gasteiger partial charge in [-0.05, 0) is 50.6 Å². The van der Waals surface area contributed by atoms with E-state index in [-0.39, 0.29) is 5.82 Å². The summed E-state index contributed by atoms with van der Waals surface area (Å²) >= 11 is 0. The minimum atomic E-state index is -0.763. The third-order valence-corrected chi connectivity index (χ3v) is 3.48. The van der Waals surface area contributed by atoms with Crippen LogP contribution in [0.5, 0.6) is 5.75 Å². The van der Waals surface area contributed by atoms with Crippen LogP contribution in [0.3, 0.4) is 0 Å². The van der Waals surface area contributed by atoms with Crippen molar-refractivity contribution < 1.29 is 14.2 Å². The van der Waals surface area contributed by atoms with Gasteiger partial charge in [0.1, 0.15) is 11.6 Å². The minimum Gasteiger partial charge on any atom is -0.497 e. The number of nitrogens with zero attached hydrogens (tertiary/aromatic N) is 1.